The molecule has 0 saturated carbocycles. The maximum atomic E-state index is 10.0. The average molecular weight is 521 g/mol. The SMILES string of the molecule is CC(=O)/C=C(/C)O.COc1c[c-]c(-c2cc(C)ccn2)c(CO)c1.[Ir]. The third-order valence-electron chi connectivity index (χ3n) is 2.99. The monoisotopic (exact) mass is 521 g/mol. The molecule has 0 saturated heterocycles. The number of allylic oxidation sites excluding steroid dienone is 2. The summed E-state index contributed by atoms with van der Waals surface area (Å²) < 4.78 is 5.11. The van der Waals surface area contributed by atoms with Crippen molar-refractivity contribution in [2.45, 2.75) is 27.4 Å². The molecule has 2 aromatic rings. The van der Waals surface area contributed by atoms with Crippen molar-refractivity contribution in [3.63, 3.8) is 0 Å². The molecule has 0 bridgehead atoms. The summed E-state index contributed by atoms with van der Waals surface area (Å²) in [6.45, 7) is 4.80. The molecule has 0 aliphatic heterocycles. The number of benzene rings is 1. The second kappa shape index (κ2) is 11.5. The van der Waals surface area contributed by atoms with Gasteiger partial charge in [-0.15, -0.1) is 17.7 Å². The second-order valence-corrected chi connectivity index (χ2v) is 5.21. The summed E-state index contributed by atoms with van der Waals surface area (Å²) in [5.41, 5.74) is 3.53. The van der Waals surface area contributed by atoms with E-state index in [0.717, 1.165) is 22.4 Å². The van der Waals surface area contributed by atoms with Crippen LogP contribution < -0.4 is 4.74 Å². The smallest absolute Gasteiger partial charge is 0.155 e. The molecule has 0 unspecified atom stereocenters. The fourth-order valence-corrected chi connectivity index (χ4v) is 1.97. The summed E-state index contributed by atoms with van der Waals surface area (Å²) in [5, 5.41) is 17.7. The summed E-state index contributed by atoms with van der Waals surface area (Å²) in [6, 6.07) is 10.6. The Hall–Kier alpha value is -2.01. The van der Waals surface area contributed by atoms with Crippen molar-refractivity contribution >= 4 is 5.78 Å². The van der Waals surface area contributed by atoms with Crippen molar-refractivity contribution in [3.8, 4) is 17.0 Å². The van der Waals surface area contributed by atoms with E-state index in [1.807, 2.05) is 19.1 Å². The summed E-state index contributed by atoms with van der Waals surface area (Å²) in [5.74, 6) is 0.623. The fourth-order valence-electron chi connectivity index (χ4n) is 1.97. The normalized spacial score (nSPS) is 10.2. The molecular weight excluding hydrogens is 498 g/mol. The number of aromatic nitrogens is 1. The van der Waals surface area contributed by atoms with Gasteiger partial charge in [-0.2, -0.15) is 0 Å². The van der Waals surface area contributed by atoms with Crippen LogP contribution in [0, 0.1) is 13.0 Å². The number of hydrogen-bond acceptors (Lipinski definition) is 5. The van der Waals surface area contributed by atoms with Crippen LogP contribution in [0.1, 0.15) is 25.0 Å². The molecule has 0 spiro atoms. The molecule has 0 atom stereocenters. The van der Waals surface area contributed by atoms with Crippen LogP contribution >= 0.6 is 0 Å². The van der Waals surface area contributed by atoms with E-state index in [2.05, 4.69) is 11.1 Å². The molecule has 1 heterocycles. The minimum atomic E-state index is -0.125. The number of aryl methyl sites for hydroxylation is 1. The first-order chi connectivity index (χ1) is 11.4. The van der Waals surface area contributed by atoms with Crippen molar-refractivity contribution < 1.29 is 39.8 Å². The van der Waals surface area contributed by atoms with Crippen molar-refractivity contribution in [3.05, 3.63) is 59.5 Å². The molecule has 0 aliphatic rings. The molecule has 0 fully saturated rings. The Balaban J connectivity index is 0.000000620. The van der Waals surface area contributed by atoms with Gasteiger partial charge in [-0.05, 0) is 32.5 Å². The summed E-state index contributed by atoms with van der Waals surface area (Å²) >= 11 is 0. The van der Waals surface area contributed by atoms with Crippen molar-refractivity contribution in [2.75, 3.05) is 7.11 Å². The molecule has 1 aromatic heterocycles. The van der Waals surface area contributed by atoms with E-state index in [0.29, 0.717) is 5.75 Å². The fraction of sp³-hybridized carbons (Fsp3) is 0.263. The number of pyridine rings is 1. The number of rotatable bonds is 4. The molecule has 1 aromatic carbocycles. The predicted molar refractivity (Wildman–Crippen MR) is 92.8 cm³/mol. The average Bonchev–Trinajstić information content (AvgIpc) is 2.53. The Labute approximate surface area is 161 Å². The molecule has 25 heavy (non-hydrogen) atoms. The summed E-state index contributed by atoms with van der Waals surface area (Å²) in [6.07, 6.45) is 2.92. The molecular formula is C19H22IrNO4-. The standard InChI is InChI=1S/C14H14NO2.C5H8O2.Ir/c1-10-5-6-15-14(7-10)13-4-3-12(17-2)8-11(13)9-16;1-4(6)3-5(2)7;/h3,5-8,16H,9H2,1-2H3;3,6H,1-2H3;/q-1;;/b;4-3-;. The Kier molecular flexibility index (Phi) is 10.6. The van der Waals surface area contributed by atoms with Gasteiger partial charge < -0.3 is 19.9 Å². The zero-order chi connectivity index (χ0) is 18.1. The van der Waals surface area contributed by atoms with Crippen LogP contribution in [0.4, 0.5) is 0 Å². The van der Waals surface area contributed by atoms with Crippen LogP contribution in [0.5, 0.6) is 5.75 Å². The third kappa shape index (κ3) is 8.07. The minimum Gasteiger partial charge on any atom is -0.540 e. The molecule has 137 valence electrons. The van der Waals surface area contributed by atoms with Gasteiger partial charge in [-0.3, -0.25) is 4.79 Å². The first-order valence-corrected chi connectivity index (χ1v) is 7.37. The molecule has 2 rings (SSSR count). The van der Waals surface area contributed by atoms with E-state index in [-0.39, 0.29) is 38.3 Å². The first-order valence-electron chi connectivity index (χ1n) is 7.37. The van der Waals surface area contributed by atoms with E-state index in [4.69, 9.17) is 9.84 Å². The van der Waals surface area contributed by atoms with Gasteiger partial charge in [0.15, 0.2) is 5.78 Å². The molecule has 6 heteroatoms. The Morgan fingerprint density at radius 3 is 2.48 bits per heavy atom. The number of methoxy groups -OCH3 is 1. The van der Waals surface area contributed by atoms with Crippen LogP contribution in [-0.4, -0.2) is 28.1 Å². The van der Waals surface area contributed by atoms with Gasteiger partial charge >= 0.3 is 0 Å². The van der Waals surface area contributed by atoms with Gasteiger partial charge in [0.05, 0.1) is 12.9 Å². The van der Waals surface area contributed by atoms with Crippen molar-refractivity contribution in [2.24, 2.45) is 0 Å². The van der Waals surface area contributed by atoms with E-state index in [1.165, 1.54) is 19.9 Å². The first kappa shape index (κ1) is 23.0. The van der Waals surface area contributed by atoms with Crippen LogP contribution in [0.15, 0.2) is 42.3 Å². The Morgan fingerprint density at radius 1 is 1.36 bits per heavy atom. The third-order valence-corrected chi connectivity index (χ3v) is 2.99. The van der Waals surface area contributed by atoms with E-state index >= 15 is 0 Å². The molecule has 5 nitrogen and oxygen atoms in total. The zero-order valence-corrected chi connectivity index (χ0v) is 17.1. The molecule has 2 N–H and O–H groups in total. The Morgan fingerprint density at radius 2 is 2.04 bits per heavy atom. The van der Waals surface area contributed by atoms with E-state index < -0.39 is 0 Å². The Bertz CT molecular complexity index is 725. The number of hydrogen-bond donors (Lipinski definition) is 2. The molecule has 1 radical (unpaired) electrons. The largest absolute Gasteiger partial charge is 0.540 e. The molecule has 0 aliphatic carbocycles. The number of aliphatic hydroxyl groups is 2. The zero-order valence-electron chi connectivity index (χ0n) is 14.7. The number of ether oxygens (including phenoxy) is 1. The molecule has 0 amide bonds. The maximum Gasteiger partial charge on any atom is 0.155 e. The maximum absolute atomic E-state index is 10.0. The second-order valence-electron chi connectivity index (χ2n) is 5.21. The summed E-state index contributed by atoms with van der Waals surface area (Å²) in [7, 11) is 1.59. The van der Waals surface area contributed by atoms with Gasteiger partial charge in [0, 0.05) is 44.7 Å². The van der Waals surface area contributed by atoms with Crippen LogP contribution in [0.2, 0.25) is 0 Å². The number of carbonyl (C=O) groups is 1. The number of nitrogens with zero attached hydrogens (tertiary/aromatic N) is 1. The van der Waals surface area contributed by atoms with Crippen molar-refractivity contribution in [1.29, 1.82) is 0 Å². The quantitative estimate of drug-likeness (QED) is 0.367. The van der Waals surface area contributed by atoms with E-state index in [9.17, 15) is 9.90 Å². The topological polar surface area (TPSA) is 79.7 Å². The number of carbonyl (C=O) groups excluding carboxylic acids is 1. The number of ketones is 1. The van der Waals surface area contributed by atoms with Gasteiger partial charge in [-0.1, -0.05) is 23.3 Å². The van der Waals surface area contributed by atoms with Gasteiger partial charge in [0.2, 0.25) is 0 Å². The predicted octanol–water partition coefficient (Wildman–Crippen LogP) is 3.39. The van der Waals surface area contributed by atoms with Crippen LogP contribution in [0.3, 0.4) is 0 Å². The van der Waals surface area contributed by atoms with Gasteiger partial charge in [-0.25, -0.2) is 0 Å². The van der Waals surface area contributed by atoms with Crippen molar-refractivity contribution in [1.82, 2.24) is 4.98 Å². The van der Waals surface area contributed by atoms with Crippen LogP contribution in [0.25, 0.3) is 11.3 Å². The number of aliphatic hydroxyl groups excluding tert-OH is 2. The van der Waals surface area contributed by atoms with E-state index in [1.54, 1.807) is 25.4 Å². The minimum absolute atomic E-state index is 0. The summed E-state index contributed by atoms with van der Waals surface area (Å²) in [4.78, 5) is 14.3. The van der Waals surface area contributed by atoms with Crippen LogP contribution in [-0.2, 0) is 31.5 Å². The van der Waals surface area contributed by atoms with Gasteiger partial charge in [0.1, 0.15) is 0 Å². The van der Waals surface area contributed by atoms with Gasteiger partial charge in [0.25, 0.3) is 0 Å².